The minimum absolute atomic E-state index is 0.258. The van der Waals surface area contributed by atoms with Gasteiger partial charge in [-0.3, -0.25) is 0 Å². The van der Waals surface area contributed by atoms with Gasteiger partial charge in [0.2, 0.25) is 0 Å². The van der Waals surface area contributed by atoms with Crippen molar-refractivity contribution in [1.82, 2.24) is 10.2 Å². The topological polar surface area (TPSA) is 49.4 Å². The Morgan fingerprint density at radius 1 is 1.29 bits per heavy atom. The van der Waals surface area contributed by atoms with E-state index >= 15 is 0 Å². The number of hydrogen-bond donors (Lipinski definition) is 1. The molecule has 0 bridgehead atoms. The highest BCUT2D eigenvalue weighted by Gasteiger charge is 2.35. The van der Waals surface area contributed by atoms with Crippen molar-refractivity contribution in [2.24, 2.45) is 11.3 Å². The van der Waals surface area contributed by atoms with Crippen molar-refractivity contribution in [3.63, 3.8) is 0 Å². The average molecular weight is 319 g/mol. The van der Waals surface area contributed by atoms with Gasteiger partial charge < -0.3 is 10.2 Å². The molecule has 0 amide bonds. The van der Waals surface area contributed by atoms with Crippen molar-refractivity contribution in [2.45, 2.75) is 52.5 Å². The molecule has 0 aromatic carbocycles. The Morgan fingerprint density at radius 2 is 1.86 bits per heavy atom. The Bertz CT molecular complexity index is 399. The summed E-state index contributed by atoms with van der Waals surface area (Å²) in [6, 6.07) is 0.502. The van der Waals surface area contributed by atoms with E-state index in [-0.39, 0.29) is 5.75 Å². The Morgan fingerprint density at radius 3 is 2.33 bits per heavy atom. The summed E-state index contributed by atoms with van der Waals surface area (Å²) in [5.41, 5.74) is 0.309. The van der Waals surface area contributed by atoms with Crippen LogP contribution in [0.25, 0.3) is 0 Å². The normalized spacial score (nSPS) is 27.5. The van der Waals surface area contributed by atoms with Crippen LogP contribution in [0.3, 0.4) is 0 Å². The van der Waals surface area contributed by atoms with Gasteiger partial charge in [0.15, 0.2) is 0 Å². The van der Waals surface area contributed by atoms with Crippen molar-refractivity contribution in [3.05, 3.63) is 0 Å². The molecule has 1 saturated carbocycles. The molecule has 1 fully saturated rings. The molecule has 1 aliphatic rings. The molecule has 1 rings (SSSR count). The number of sulfone groups is 1. The predicted molar refractivity (Wildman–Crippen MR) is 90.4 cm³/mol. The van der Waals surface area contributed by atoms with Crippen LogP contribution in [0.5, 0.6) is 0 Å². The first kappa shape index (κ1) is 18.9. The van der Waals surface area contributed by atoms with Gasteiger partial charge in [0.1, 0.15) is 9.84 Å². The molecule has 0 aromatic rings. The van der Waals surface area contributed by atoms with Crippen molar-refractivity contribution >= 4 is 9.84 Å². The van der Waals surface area contributed by atoms with Crippen LogP contribution >= 0.6 is 0 Å². The molecule has 5 heteroatoms. The van der Waals surface area contributed by atoms with E-state index in [1.165, 1.54) is 31.9 Å². The summed E-state index contributed by atoms with van der Waals surface area (Å²) in [7, 11) is -0.816. The molecule has 0 heterocycles. The number of nitrogens with zero attached hydrogens (tertiary/aromatic N) is 1. The van der Waals surface area contributed by atoms with Crippen molar-refractivity contribution < 1.29 is 8.42 Å². The van der Waals surface area contributed by atoms with Gasteiger partial charge in [-0.1, -0.05) is 33.6 Å². The van der Waals surface area contributed by atoms with Gasteiger partial charge in [0.05, 0.1) is 5.75 Å². The van der Waals surface area contributed by atoms with Gasteiger partial charge in [-0.15, -0.1) is 0 Å². The SMILES string of the molecule is CC1CCC(CNC(C)C)(CN(C)CCS(C)(=O)=O)CC1. The average Bonchev–Trinajstić information content (AvgIpc) is 2.37. The Balaban J connectivity index is 2.59. The van der Waals surface area contributed by atoms with Crippen LogP contribution < -0.4 is 5.32 Å². The molecule has 21 heavy (non-hydrogen) atoms. The molecule has 1 aliphatic carbocycles. The van der Waals surface area contributed by atoms with Crippen LogP contribution in [-0.4, -0.2) is 58.1 Å². The van der Waals surface area contributed by atoms with Crippen LogP contribution in [0.15, 0.2) is 0 Å². The van der Waals surface area contributed by atoms with Gasteiger partial charge in [-0.2, -0.15) is 0 Å². The van der Waals surface area contributed by atoms with Crippen LogP contribution in [0, 0.1) is 11.3 Å². The fourth-order valence-electron chi connectivity index (χ4n) is 3.16. The zero-order valence-corrected chi connectivity index (χ0v) is 15.3. The molecule has 126 valence electrons. The highest BCUT2D eigenvalue weighted by Crippen LogP contribution is 2.39. The van der Waals surface area contributed by atoms with Crippen molar-refractivity contribution in [2.75, 3.05) is 38.7 Å². The Labute approximate surface area is 131 Å². The molecule has 4 nitrogen and oxygen atoms in total. The molecule has 0 aromatic heterocycles. The third kappa shape index (κ3) is 7.61. The molecule has 0 atom stereocenters. The predicted octanol–water partition coefficient (Wildman–Crippen LogP) is 2.16. The monoisotopic (exact) mass is 318 g/mol. The molecular formula is C16H34N2O2S. The molecule has 1 N–H and O–H groups in total. The summed E-state index contributed by atoms with van der Waals surface area (Å²) >= 11 is 0. The second-order valence-corrected chi connectivity index (χ2v) is 9.85. The van der Waals surface area contributed by atoms with Crippen LogP contribution in [0.4, 0.5) is 0 Å². The van der Waals surface area contributed by atoms with E-state index in [4.69, 9.17) is 0 Å². The lowest BCUT2D eigenvalue weighted by Crippen LogP contribution is -2.47. The highest BCUT2D eigenvalue weighted by molar-refractivity contribution is 7.90. The minimum Gasteiger partial charge on any atom is -0.314 e. The summed E-state index contributed by atoms with van der Waals surface area (Å²) in [4.78, 5) is 2.21. The molecule has 0 spiro atoms. The minimum atomic E-state index is -2.87. The maximum Gasteiger partial charge on any atom is 0.148 e. The standard InChI is InChI=1S/C16H34N2O2S/c1-14(2)17-12-16(8-6-15(3)7-9-16)13-18(4)10-11-21(5,19)20/h14-15,17H,6-13H2,1-5H3. The van der Waals surface area contributed by atoms with E-state index in [0.717, 1.165) is 19.0 Å². The first-order chi connectivity index (χ1) is 9.62. The molecule has 0 aliphatic heterocycles. The molecule has 0 unspecified atom stereocenters. The summed E-state index contributed by atoms with van der Waals surface area (Å²) in [6.45, 7) is 9.39. The smallest absolute Gasteiger partial charge is 0.148 e. The van der Waals surface area contributed by atoms with Crippen molar-refractivity contribution in [1.29, 1.82) is 0 Å². The first-order valence-corrected chi connectivity index (χ1v) is 10.3. The summed E-state index contributed by atoms with van der Waals surface area (Å²) in [6.07, 6.45) is 6.40. The zero-order chi connectivity index (χ0) is 16.1. The van der Waals surface area contributed by atoms with Gasteiger partial charge in [-0.25, -0.2) is 8.42 Å². The lowest BCUT2D eigenvalue weighted by atomic mass is 9.70. The Kier molecular flexibility index (Phi) is 7.14. The van der Waals surface area contributed by atoms with Crippen molar-refractivity contribution in [3.8, 4) is 0 Å². The summed E-state index contributed by atoms with van der Waals surface area (Å²) in [5.74, 6) is 1.09. The van der Waals surface area contributed by atoms with Crippen LogP contribution in [0.2, 0.25) is 0 Å². The lowest BCUT2D eigenvalue weighted by Gasteiger charge is -2.42. The maximum atomic E-state index is 11.3. The van der Waals surface area contributed by atoms with Gasteiger partial charge in [0.25, 0.3) is 0 Å². The first-order valence-electron chi connectivity index (χ1n) is 8.21. The summed E-state index contributed by atoms with van der Waals surface area (Å²) in [5, 5.41) is 3.60. The fraction of sp³-hybridized carbons (Fsp3) is 1.00. The highest BCUT2D eigenvalue weighted by atomic mass is 32.2. The van der Waals surface area contributed by atoms with Gasteiger partial charge in [-0.05, 0) is 31.2 Å². The summed E-state index contributed by atoms with van der Waals surface area (Å²) < 4.78 is 22.7. The van der Waals surface area contributed by atoms with Gasteiger partial charge >= 0.3 is 0 Å². The number of nitrogens with one attached hydrogen (secondary N) is 1. The van der Waals surface area contributed by atoms with Crippen LogP contribution in [0.1, 0.15) is 46.5 Å². The maximum absolute atomic E-state index is 11.3. The number of hydrogen-bond acceptors (Lipinski definition) is 4. The lowest BCUT2D eigenvalue weighted by molar-refractivity contribution is 0.0993. The zero-order valence-electron chi connectivity index (χ0n) is 14.5. The molecule has 0 radical (unpaired) electrons. The molecule has 0 saturated heterocycles. The van der Waals surface area contributed by atoms with E-state index < -0.39 is 9.84 Å². The van der Waals surface area contributed by atoms with Crippen LogP contribution in [-0.2, 0) is 9.84 Å². The van der Waals surface area contributed by atoms with E-state index in [1.807, 2.05) is 0 Å². The third-order valence-corrected chi connectivity index (χ3v) is 5.59. The van der Waals surface area contributed by atoms with E-state index in [0.29, 0.717) is 18.0 Å². The Hall–Kier alpha value is -0.130. The third-order valence-electron chi connectivity index (χ3n) is 4.67. The second kappa shape index (κ2) is 7.93. The van der Waals surface area contributed by atoms with Gasteiger partial charge in [0, 0.05) is 31.9 Å². The largest absolute Gasteiger partial charge is 0.314 e. The van der Waals surface area contributed by atoms with E-state index in [2.05, 4.69) is 38.0 Å². The fourth-order valence-corrected chi connectivity index (χ4v) is 3.80. The second-order valence-electron chi connectivity index (χ2n) is 7.59. The number of rotatable bonds is 8. The quantitative estimate of drug-likeness (QED) is 0.745. The van der Waals surface area contributed by atoms with E-state index in [9.17, 15) is 8.42 Å². The van der Waals surface area contributed by atoms with E-state index in [1.54, 1.807) is 0 Å². The molecular weight excluding hydrogens is 284 g/mol.